The topological polar surface area (TPSA) is 88.6 Å². The summed E-state index contributed by atoms with van der Waals surface area (Å²) in [5, 5.41) is 18.4. The van der Waals surface area contributed by atoms with Crippen molar-refractivity contribution in [3.05, 3.63) is 53.2 Å². The van der Waals surface area contributed by atoms with E-state index in [1.807, 2.05) is 23.9 Å². The largest absolute Gasteiger partial charge is 0.391 e. The SMILES string of the molecule is CN(C)CC1CN(C(=O)c2cnc3[nH]nc(N4CCC[C@@H]4c4cc(F)ccc4F)c3c2)CC1O. The normalized spacial score (nSPS) is 22.9. The number of nitrogens with one attached hydrogen (secondary N) is 1. The molecule has 1 aromatic carbocycles. The summed E-state index contributed by atoms with van der Waals surface area (Å²) in [4.78, 5) is 23.2. The number of pyridine rings is 1. The number of H-pyrrole nitrogens is 1. The highest BCUT2D eigenvalue weighted by molar-refractivity contribution is 5.99. The van der Waals surface area contributed by atoms with Gasteiger partial charge >= 0.3 is 0 Å². The molecular formula is C24H28F2N6O2. The van der Waals surface area contributed by atoms with Gasteiger partial charge in [0.25, 0.3) is 5.91 Å². The number of likely N-dealkylation sites (tertiary alicyclic amines) is 1. The van der Waals surface area contributed by atoms with Gasteiger partial charge in [-0.3, -0.25) is 9.89 Å². The van der Waals surface area contributed by atoms with Gasteiger partial charge in [-0.15, -0.1) is 0 Å². The Hall–Kier alpha value is -3.11. The molecule has 0 aliphatic carbocycles. The molecule has 0 spiro atoms. The lowest BCUT2D eigenvalue weighted by Gasteiger charge is -2.25. The van der Waals surface area contributed by atoms with Crippen LogP contribution in [0.1, 0.15) is 34.8 Å². The van der Waals surface area contributed by atoms with Crippen LogP contribution >= 0.6 is 0 Å². The van der Waals surface area contributed by atoms with Crippen LogP contribution in [0.25, 0.3) is 11.0 Å². The van der Waals surface area contributed by atoms with Crippen molar-refractivity contribution in [2.45, 2.75) is 25.0 Å². The van der Waals surface area contributed by atoms with Crippen molar-refractivity contribution >= 4 is 22.8 Å². The number of rotatable bonds is 5. The molecule has 5 rings (SSSR count). The van der Waals surface area contributed by atoms with E-state index in [0.29, 0.717) is 54.0 Å². The fraction of sp³-hybridized carbons (Fsp3) is 0.458. The number of benzene rings is 1. The molecule has 2 aliphatic heterocycles. The zero-order valence-corrected chi connectivity index (χ0v) is 19.2. The second-order valence-corrected chi connectivity index (χ2v) is 9.48. The number of nitrogens with zero attached hydrogens (tertiary/aromatic N) is 5. The number of carbonyl (C=O) groups is 1. The molecule has 10 heteroatoms. The van der Waals surface area contributed by atoms with Gasteiger partial charge in [0.05, 0.1) is 23.1 Å². The first-order chi connectivity index (χ1) is 16.3. The van der Waals surface area contributed by atoms with E-state index in [4.69, 9.17) is 0 Å². The summed E-state index contributed by atoms with van der Waals surface area (Å²) < 4.78 is 28.4. The van der Waals surface area contributed by atoms with Crippen molar-refractivity contribution in [2.75, 3.05) is 45.2 Å². The molecular weight excluding hydrogens is 442 g/mol. The van der Waals surface area contributed by atoms with Gasteiger partial charge < -0.3 is 19.8 Å². The molecule has 0 radical (unpaired) electrons. The summed E-state index contributed by atoms with van der Waals surface area (Å²) >= 11 is 0. The van der Waals surface area contributed by atoms with Crippen LogP contribution in [0.15, 0.2) is 30.5 Å². The van der Waals surface area contributed by atoms with Crippen LogP contribution in [0, 0.1) is 17.6 Å². The van der Waals surface area contributed by atoms with Gasteiger partial charge in [-0.05, 0) is 51.2 Å². The number of hydrogen-bond acceptors (Lipinski definition) is 6. The maximum atomic E-state index is 14.5. The predicted molar refractivity (Wildman–Crippen MR) is 124 cm³/mol. The first kappa shape index (κ1) is 22.7. The zero-order valence-electron chi connectivity index (χ0n) is 19.2. The highest BCUT2D eigenvalue weighted by Crippen LogP contribution is 2.39. The Kier molecular flexibility index (Phi) is 5.95. The number of amides is 1. The van der Waals surface area contributed by atoms with Gasteiger partial charge in [-0.25, -0.2) is 13.8 Å². The van der Waals surface area contributed by atoms with Gasteiger partial charge in [0.15, 0.2) is 11.5 Å². The molecule has 2 unspecified atom stereocenters. The number of carbonyl (C=O) groups excluding carboxylic acids is 1. The Morgan fingerprint density at radius 1 is 1.26 bits per heavy atom. The summed E-state index contributed by atoms with van der Waals surface area (Å²) in [5.41, 5.74) is 1.22. The molecule has 2 saturated heterocycles. The molecule has 2 aliphatic rings. The molecule has 2 fully saturated rings. The highest BCUT2D eigenvalue weighted by atomic mass is 19.1. The first-order valence-corrected chi connectivity index (χ1v) is 11.5. The zero-order chi connectivity index (χ0) is 24.0. The van der Waals surface area contributed by atoms with Gasteiger partial charge in [0.1, 0.15) is 11.6 Å². The minimum Gasteiger partial charge on any atom is -0.391 e. The third-order valence-electron chi connectivity index (χ3n) is 6.78. The number of aromatic nitrogens is 3. The molecule has 34 heavy (non-hydrogen) atoms. The number of aromatic amines is 1. The number of anilines is 1. The monoisotopic (exact) mass is 470 g/mol. The molecule has 2 N–H and O–H groups in total. The first-order valence-electron chi connectivity index (χ1n) is 11.5. The average Bonchev–Trinajstić information content (AvgIpc) is 3.52. The highest BCUT2D eigenvalue weighted by Gasteiger charge is 2.35. The number of aliphatic hydroxyl groups is 1. The summed E-state index contributed by atoms with van der Waals surface area (Å²) in [6.45, 7) is 2.08. The minimum absolute atomic E-state index is 0.00773. The van der Waals surface area contributed by atoms with E-state index in [9.17, 15) is 18.7 Å². The summed E-state index contributed by atoms with van der Waals surface area (Å²) in [5.74, 6) is -0.574. The standard InChI is InChI=1S/C24H28F2N6O2/c1-30(2)11-15-12-31(13-21(15)33)24(34)14-8-18-22(27-10-14)28-29-23(18)32-7-3-4-20(32)17-9-16(25)5-6-19(17)26/h5-6,8-10,15,20-21,33H,3-4,7,11-13H2,1-2H3,(H,27,28,29)/t15?,20-,21?/m1/s1. The smallest absolute Gasteiger partial charge is 0.255 e. The summed E-state index contributed by atoms with van der Waals surface area (Å²) in [6, 6.07) is 4.88. The van der Waals surface area contributed by atoms with Crippen molar-refractivity contribution in [2.24, 2.45) is 5.92 Å². The second-order valence-electron chi connectivity index (χ2n) is 9.48. The Morgan fingerprint density at radius 2 is 2.09 bits per heavy atom. The van der Waals surface area contributed by atoms with Crippen LogP contribution in [0.4, 0.5) is 14.6 Å². The molecule has 8 nitrogen and oxygen atoms in total. The molecule has 0 saturated carbocycles. The Morgan fingerprint density at radius 3 is 2.88 bits per heavy atom. The van der Waals surface area contributed by atoms with Crippen LogP contribution in [0.5, 0.6) is 0 Å². The Labute approximate surface area is 196 Å². The van der Waals surface area contributed by atoms with Gasteiger partial charge in [-0.2, -0.15) is 5.10 Å². The fourth-order valence-corrected chi connectivity index (χ4v) is 5.19. The van der Waals surface area contributed by atoms with Crippen molar-refractivity contribution in [1.29, 1.82) is 0 Å². The third-order valence-corrected chi connectivity index (χ3v) is 6.78. The number of aliphatic hydroxyl groups excluding tert-OH is 1. The van der Waals surface area contributed by atoms with Crippen molar-refractivity contribution in [3.8, 4) is 0 Å². The third kappa shape index (κ3) is 4.12. The van der Waals surface area contributed by atoms with Crippen LogP contribution in [-0.4, -0.2) is 82.4 Å². The Bertz CT molecular complexity index is 1220. The van der Waals surface area contributed by atoms with E-state index in [0.717, 1.165) is 18.6 Å². The van der Waals surface area contributed by atoms with Crippen molar-refractivity contribution < 1.29 is 18.7 Å². The van der Waals surface area contributed by atoms with Crippen molar-refractivity contribution in [1.82, 2.24) is 25.0 Å². The number of β-amino-alcohol motifs (C(OH)–C–C–N with tert-alkyl or cyclic N) is 1. The fourth-order valence-electron chi connectivity index (χ4n) is 5.19. The van der Waals surface area contributed by atoms with Gasteiger partial charge in [-0.1, -0.05) is 0 Å². The van der Waals surface area contributed by atoms with E-state index >= 15 is 0 Å². The predicted octanol–water partition coefficient (Wildman–Crippen LogP) is 2.57. The average molecular weight is 471 g/mol. The van der Waals surface area contributed by atoms with E-state index in [1.165, 1.54) is 12.3 Å². The quantitative estimate of drug-likeness (QED) is 0.596. The van der Waals surface area contributed by atoms with E-state index in [2.05, 4.69) is 15.2 Å². The molecule has 180 valence electrons. The van der Waals surface area contributed by atoms with E-state index < -0.39 is 17.7 Å². The number of fused-ring (bicyclic) bond motifs is 1. The number of hydrogen-bond donors (Lipinski definition) is 2. The van der Waals surface area contributed by atoms with E-state index in [-0.39, 0.29) is 24.4 Å². The van der Waals surface area contributed by atoms with Gasteiger partial charge in [0, 0.05) is 43.9 Å². The van der Waals surface area contributed by atoms with Crippen LogP contribution in [0.2, 0.25) is 0 Å². The molecule has 0 bridgehead atoms. The molecule has 1 amide bonds. The summed E-state index contributed by atoms with van der Waals surface area (Å²) in [6.07, 6.45) is 2.41. The van der Waals surface area contributed by atoms with Crippen LogP contribution in [-0.2, 0) is 0 Å². The maximum absolute atomic E-state index is 14.5. The Balaban J connectivity index is 1.43. The lowest BCUT2D eigenvalue weighted by Crippen LogP contribution is -2.31. The molecule has 2 aromatic heterocycles. The maximum Gasteiger partial charge on any atom is 0.255 e. The number of halogens is 2. The van der Waals surface area contributed by atoms with Gasteiger partial charge in [0.2, 0.25) is 0 Å². The van der Waals surface area contributed by atoms with Crippen LogP contribution in [0.3, 0.4) is 0 Å². The summed E-state index contributed by atoms with van der Waals surface area (Å²) in [7, 11) is 3.88. The molecule has 3 aromatic rings. The van der Waals surface area contributed by atoms with Crippen molar-refractivity contribution in [3.63, 3.8) is 0 Å². The second kappa shape index (κ2) is 8.92. The minimum atomic E-state index is -0.570. The molecule has 4 heterocycles. The van der Waals surface area contributed by atoms with Crippen LogP contribution < -0.4 is 4.90 Å². The lowest BCUT2D eigenvalue weighted by atomic mass is 10.0. The van der Waals surface area contributed by atoms with E-state index in [1.54, 1.807) is 11.0 Å². The lowest BCUT2D eigenvalue weighted by molar-refractivity contribution is 0.0764. The molecule has 3 atom stereocenters.